The number of thioether (sulfide) groups is 1. The van der Waals surface area contributed by atoms with Gasteiger partial charge in [0, 0.05) is 0 Å². The Morgan fingerprint density at radius 2 is 2.00 bits per heavy atom. The molecule has 0 aliphatic carbocycles. The standard InChI is InChI=1S/C12H16S/c1-2-3-10-13-11-9-12-7-5-4-6-8-12/h4-9,11H,2-3,10H2,1H3/b11-9-. The normalized spacial score (nSPS) is 10.8. The van der Waals surface area contributed by atoms with Crippen molar-refractivity contribution in [3.05, 3.63) is 41.3 Å². The predicted octanol–water partition coefficient (Wildman–Crippen LogP) is 4.19. The molecule has 1 aromatic rings. The van der Waals surface area contributed by atoms with Crippen molar-refractivity contribution >= 4 is 17.8 Å². The minimum Gasteiger partial charge on any atom is -0.134 e. The zero-order chi connectivity index (χ0) is 9.36. The second kappa shape index (κ2) is 6.79. The van der Waals surface area contributed by atoms with Crippen LogP contribution in [-0.4, -0.2) is 5.75 Å². The molecule has 0 aromatic heterocycles. The van der Waals surface area contributed by atoms with Crippen molar-refractivity contribution in [1.82, 2.24) is 0 Å². The second-order valence-corrected chi connectivity index (χ2v) is 3.95. The third kappa shape index (κ3) is 4.79. The molecule has 0 amide bonds. The highest BCUT2D eigenvalue weighted by Gasteiger charge is 1.83. The van der Waals surface area contributed by atoms with Crippen LogP contribution in [0.25, 0.3) is 6.08 Å². The molecule has 0 saturated heterocycles. The van der Waals surface area contributed by atoms with E-state index in [0.29, 0.717) is 0 Å². The van der Waals surface area contributed by atoms with Crippen LogP contribution in [0.5, 0.6) is 0 Å². The third-order valence-corrected chi connectivity index (χ3v) is 2.62. The Balaban J connectivity index is 2.25. The van der Waals surface area contributed by atoms with Crippen LogP contribution in [-0.2, 0) is 0 Å². The van der Waals surface area contributed by atoms with E-state index in [2.05, 4.69) is 42.7 Å². The van der Waals surface area contributed by atoms with E-state index in [0.717, 1.165) is 0 Å². The van der Waals surface area contributed by atoms with Crippen molar-refractivity contribution < 1.29 is 0 Å². The van der Waals surface area contributed by atoms with Crippen molar-refractivity contribution in [1.29, 1.82) is 0 Å². The predicted molar refractivity (Wildman–Crippen MR) is 62.8 cm³/mol. The lowest BCUT2D eigenvalue weighted by Crippen LogP contribution is -1.73. The summed E-state index contributed by atoms with van der Waals surface area (Å²) in [7, 11) is 0. The van der Waals surface area contributed by atoms with Crippen LogP contribution in [0.3, 0.4) is 0 Å². The summed E-state index contributed by atoms with van der Waals surface area (Å²) in [6.07, 6.45) is 4.76. The first kappa shape index (κ1) is 10.4. The maximum absolute atomic E-state index is 2.22. The van der Waals surface area contributed by atoms with Gasteiger partial charge in [-0.15, -0.1) is 11.8 Å². The van der Waals surface area contributed by atoms with Crippen LogP contribution < -0.4 is 0 Å². The molecule has 1 heteroatoms. The van der Waals surface area contributed by atoms with Gasteiger partial charge in [-0.2, -0.15) is 0 Å². The van der Waals surface area contributed by atoms with Crippen molar-refractivity contribution in [2.75, 3.05) is 5.75 Å². The van der Waals surface area contributed by atoms with Crippen LogP contribution in [0, 0.1) is 0 Å². The quantitative estimate of drug-likeness (QED) is 0.630. The molecular weight excluding hydrogens is 176 g/mol. The van der Waals surface area contributed by atoms with Gasteiger partial charge in [-0.25, -0.2) is 0 Å². The van der Waals surface area contributed by atoms with Crippen LogP contribution in [0.1, 0.15) is 25.3 Å². The third-order valence-electron chi connectivity index (χ3n) is 1.77. The van der Waals surface area contributed by atoms with Crippen molar-refractivity contribution in [2.24, 2.45) is 0 Å². The van der Waals surface area contributed by atoms with E-state index in [1.54, 1.807) is 0 Å². The van der Waals surface area contributed by atoms with Gasteiger partial charge >= 0.3 is 0 Å². The van der Waals surface area contributed by atoms with E-state index in [9.17, 15) is 0 Å². The van der Waals surface area contributed by atoms with Crippen LogP contribution in [0.4, 0.5) is 0 Å². The van der Waals surface area contributed by atoms with Gasteiger partial charge in [-0.3, -0.25) is 0 Å². The first-order valence-electron chi connectivity index (χ1n) is 4.76. The number of unbranched alkanes of at least 4 members (excludes halogenated alkanes) is 1. The molecule has 0 spiro atoms. The zero-order valence-electron chi connectivity index (χ0n) is 8.07. The fourth-order valence-electron chi connectivity index (χ4n) is 0.987. The number of hydrogen-bond acceptors (Lipinski definition) is 1. The maximum Gasteiger partial charge on any atom is -0.00261 e. The van der Waals surface area contributed by atoms with Crippen molar-refractivity contribution in [3.63, 3.8) is 0 Å². The van der Waals surface area contributed by atoms with Crippen molar-refractivity contribution in [3.8, 4) is 0 Å². The lowest BCUT2D eigenvalue weighted by molar-refractivity contribution is 0.898. The first-order valence-corrected chi connectivity index (χ1v) is 5.81. The van der Waals surface area contributed by atoms with Crippen molar-refractivity contribution in [2.45, 2.75) is 19.8 Å². The number of hydrogen-bond donors (Lipinski definition) is 0. The van der Waals surface area contributed by atoms with Gasteiger partial charge in [0.05, 0.1) is 0 Å². The van der Waals surface area contributed by atoms with Gasteiger partial charge in [0.1, 0.15) is 0 Å². The smallest absolute Gasteiger partial charge is 0.00261 e. The van der Waals surface area contributed by atoms with Gasteiger partial charge in [-0.1, -0.05) is 43.7 Å². The van der Waals surface area contributed by atoms with E-state index in [1.807, 2.05) is 17.8 Å². The molecule has 0 saturated carbocycles. The molecule has 0 bridgehead atoms. The van der Waals surface area contributed by atoms with E-state index < -0.39 is 0 Å². The molecule has 0 heterocycles. The Morgan fingerprint density at radius 1 is 1.23 bits per heavy atom. The molecule has 13 heavy (non-hydrogen) atoms. The molecule has 70 valence electrons. The largest absolute Gasteiger partial charge is 0.134 e. The minimum atomic E-state index is 1.24. The molecular formula is C12H16S. The van der Waals surface area contributed by atoms with Gasteiger partial charge < -0.3 is 0 Å². The Hall–Kier alpha value is -0.690. The van der Waals surface area contributed by atoms with Crippen LogP contribution >= 0.6 is 11.8 Å². The summed E-state index contributed by atoms with van der Waals surface area (Å²) in [5, 5.41) is 2.19. The molecule has 0 fully saturated rings. The Morgan fingerprint density at radius 3 is 2.69 bits per heavy atom. The van der Waals surface area contributed by atoms with Crippen LogP contribution in [0.2, 0.25) is 0 Å². The lowest BCUT2D eigenvalue weighted by atomic mass is 10.2. The van der Waals surface area contributed by atoms with E-state index in [4.69, 9.17) is 0 Å². The topological polar surface area (TPSA) is 0 Å². The fraction of sp³-hybridized carbons (Fsp3) is 0.333. The highest BCUT2D eigenvalue weighted by molar-refractivity contribution is 8.02. The van der Waals surface area contributed by atoms with Crippen LogP contribution in [0.15, 0.2) is 35.7 Å². The Labute approximate surface area is 85.1 Å². The van der Waals surface area contributed by atoms with E-state index in [1.165, 1.54) is 24.2 Å². The molecule has 0 atom stereocenters. The van der Waals surface area contributed by atoms with Gasteiger partial charge in [0.25, 0.3) is 0 Å². The molecule has 0 unspecified atom stereocenters. The second-order valence-electron chi connectivity index (χ2n) is 2.94. The molecule has 1 rings (SSSR count). The van der Waals surface area contributed by atoms with E-state index >= 15 is 0 Å². The Kier molecular flexibility index (Phi) is 5.42. The summed E-state index contributed by atoms with van der Waals surface area (Å²) >= 11 is 1.89. The van der Waals surface area contributed by atoms with Gasteiger partial charge in [-0.05, 0) is 29.2 Å². The molecule has 1 aromatic carbocycles. The summed E-state index contributed by atoms with van der Waals surface area (Å²) in [4.78, 5) is 0. The first-order chi connectivity index (χ1) is 6.43. The Bertz CT molecular complexity index is 239. The monoisotopic (exact) mass is 192 g/mol. The molecule has 0 aliphatic heterocycles. The average molecular weight is 192 g/mol. The van der Waals surface area contributed by atoms with Gasteiger partial charge in [0.2, 0.25) is 0 Å². The maximum atomic E-state index is 2.22. The summed E-state index contributed by atoms with van der Waals surface area (Å²) < 4.78 is 0. The molecule has 0 nitrogen and oxygen atoms in total. The summed E-state index contributed by atoms with van der Waals surface area (Å²) in [5.74, 6) is 1.24. The minimum absolute atomic E-state index is 1.24. The fourth-order valence-corrected chi connectivity index (χ4v) is 1.83. The summed E-state index contributed by atoms with van der Waals surface area (Å²) in [6, 6.07) is 10.4. The lowest BCUT2D eigenvalue weighted by Gasteiger charge is -1.92. The van der Waals surface area contributed by atoms with Gasteiger partial charge in [0.15, 0.2) is 0 Å². The summed E-state index contributed by atoms with van der Waals surface area (Å²) in [6.45, 7) is 2.22. The van der Waals surface area contributed by atoms with E-state index in [-0.39, 0.29) is 0 Å². The highest BCUT2D eigenvalue weighted by atomic mass is 32.2. The molecule has 0 aliphatic rings. The SMILES string of the molecule is CCCCS/C=C\c1ccccc1. The zero-order valence-corrected chi connectivity index (χ0v) is 8.89. The summed E-state index contributed by atoms with van der Waals surface area (Å²) in [5.41, 5.74) is 1.28. The number of benzene rings is 1. The highest BCUT2D eigenvalue weighted by Crippen LogP contribution is 2.09. The molecule has 0 N–H and O–H groups in total. The number of rotatable bonds is 5. The average Bonchev–Trinajstić information content (AvgIpc) is 2.19. The molecule has 0 radical (unpaired) electrons.